The molecular weight excluding hydrogens is 393 g/mol. The van der Waals surface area contributed by atoms with Gasteiger partial charge >= 0.3 is 0 Å². The van der Waals surface area contributed by atoms with Crippen LogP contribution in [0.4, 0.5) is 0 Å². The summed E-state index contributed by atoms with van der Waals surface area (Å²) in [4.78, 5) is 4.52. The van der Waals surface area contributed by atoms with E-state index in [0.717, 1.165) is 64.9 Å². The van der Waals surface area contributed by atoms with Crippen molar-refractivity contribution in [3.05, 3.63) is 0 Å². The average molecular weight is 429 g/mol. The molecule has 0 aliphatic carbocycles. The van der Waals surface area contributed by atoms with Crippen molar-refractivity contribution < 1.29 is 9.47 Å². The minimum absolute atomic E-state index is 0. The van der Waals surface area contributed by atoms with E-state index in [0.29, 0.717) is 5.92 Å². The van der Waals surface area contributed by atoms with E-state index < -0.39 is 0 Å². The maximum Gasteiger partial charge on any atom is 0.191 e. The normalized spacial score (nSPS) is 11.4. The van der Waals surface area contributed by atoms with Gasteiger partial charge in [-0.05, 0) is 25.7 Å². The van der Waals surface area contributed by atoms with E-state index in [9.17, 15) is 0 Å². The summed E-state index contributed by atoms with van der Waals surface area (Å²) >= 11 is 0. The molecule has 0 aliphatic heterocycles. The summed E-state index contributed by atoms with van der Waals surface area (Å²) in [6.07, 6.45) is 3.26. The molecule has 0 spiro atoms. The van der Waals surface area contributed by atoms with Crippen LogP contribution in [0.15, 0.2) is 4.99 Å². The Morgan fingerprint density at radius 3 is 2.36 bits per heavy atom. The summed E-state index contributed by atoms with van der Waals surface area (Å²) in [5, 5.41) is 6.52. The fourth-order valence-electron chi connectivity index (χ4n) is 1.61. The smallest absolute Gasteiger partial charge is 0.191 e. The predicted molar refractivity (Wildman–Crippen MR) is 105 cm³/mol. The Morgan fingerprint density at radius 2 is 1.73 bits per heavy atom. The number of hydrogen-bond donors (Lipinski definition) is 2. The zero-order valence-corrected chi connectivity index (χ0v) is 17.2. The molecule has 134 valence electrons. The number of nitrogens with zero attached hydrogens (tertiary/aromatic N) is 1. The van der Waals surface area contributed by atoms with Crippen LogP contribution in [0.3, 0.4) is 0 Å². The number of nitrogens with one attached hydrogen (secondary N) is 2. The molecule has 0 unspecified atom stereocenters. The van der Waals surface area contributed by atoms with Crippen LogP contribution in [-0.2, 0) is 9.47 Å². The molecule has 0 aromatic rings. The van der Waals surface area contributed by atoms with E-state index in [2.05, 4.69) is 43.3 Å². The lowest BCUT2D eigenvalue weighted by Crippen LogP contribution is -2.39. The van der Waals surface area contributed by atoms with Crippen LogP contribution in [0.5, 0.6) is 0 Å². The van der Waals surface area contributed by atoms with Crippen molar-refractivity contribution in [3.8, 4) is 0 Å². The van der Waals surface area contributed by atoms with Crippen LogP contribution in [0.1, 0.15) is 47.0 Å². The molecule has 0 heterocycles. The number of hydrogen-bond acceptors (Lipinski definition) is 3. The van der Waals surface area contributed by atoms with Gasteiger partial charge in [0.05, 0.1) is 6.61 Å². The summed E-state index contributed by atoms with van der Waals surface area (Å²) in [5.41, 5.74) is 0. The minimum Gasteiger partial charge on any atom is -0.381 e. The zero-order chi connectivity index (χ0) is 15.8. The van der Waals surface area contributed by atoms with Gasteiger partial charge in [0.1, 0.15) is 0 Å². The Bertz CT molecular complexity index is 252. The van der Waals surface area contributed by atoms with Crippen LogP contribution < -0.4 is 10.6 Å². The first-order valence-corrected chi connectivity index (χ1v) is 8.38. The van der Waals surface area contributed by atoms with E-state index in [1.807, 2.05) is 0 Å². The van der Waals surface area contributed by atoms with Gasteiger partial charge in [0, 0.05) is 39.5 Å². The second kappa shape index (κ2) is 19.0. The van der Waals surface area contributed by atoms with E-state index in [1.165, 1.54) is 6.42 Å². The molecule has 0 saturated carbocycles. The van der Waals surface area contributed by atoms with E-state index in [-0.39, 0.29) is 24.0 Å². The molecule has 2 N–H and O–H groups in total. The van der Waals surface area contributed by atoms with Gasteiger partial charge in [0.25, 0.3) is 0 Å². The molecule has 0 aliphatic rings. The molecule has 0 fully saturated rings. The second-order valence-corrected chi connectivity index (χ2v) is 5.48. The zero-order valence-electron chi connectivity index (χ0n) is 14.8. The quantitative estimate of drug-likeness (QED) is 0.205. The molecule has 0 aromatic carbocycles. The number of aliphatic imine (C=N–C) groups is 1. The van der Waals surface area contributed by atoms with Crippen molar-refractivity contribution in [1.29, 1.82) is 0 Å². The van der Waals surface area contributed by atoms with Crippen LogP contribution >= 0.6 is 24.0 Å². The number of halogens is 1. The topological polar surface area (TPSA) is 54.9 Å². The lowest BCUT2D eigenvalue weighted by atomic mass is 10.2. The highest BCUT2D eigenvalue weighted by molar-refractivity contribution is 14.0. The summed E-state index contributed by atoms with van der Waals surface area (Å²) in [6, 6.07) is 0. The highest BCUT2D eigenvalue weighted by Crippen LogP contribution is 1.93. The summed E-state index contributed by atoms with van der Waals surface area (Å²) in [6.45, 7) is 14.2. The van der Waals surface area contributed by atoms with Gasteiger partial charge in [-0.15, -0.1) is 24.0 Å². The van der Waals surface area contributed by atoms with Gasteiger partial charge in [0.15, 0.2) is 5.96 Å². The molecular formula is C16H36IN3O2. The molecule has 0 aromatic heterocycles. The van der Waals surface area contributed by atoms with Crippen molar-refractivity contribution in [2.75, 3.05) is 46.1 Å². The SMILES string of the molecule is CCCCOCCNC(=NCCCOCC(C)C)NCC.I. The molecule has 0 radical (unpaired) electrons. The van der Waals surface area contributed by atoms with Crippen molar-refractivity contribution in [1.82, 2.24) is 10.6 Å². The van der Waals surface area contributed by atoms with Crippen LogP contribution in [-0.4, -0.2) is 52.0 Å². The van der Waals surface area contributed by atoms with Gasteiger partial charge in [0.2, 0.25) is 0 Å². The monoisotopic (exact) mass is 429 g/mol. The Balaban J connectivity index is 0. The molecule has 0 atom stereocenters. The standard InChI is InChI=1S/C16H35N3O2.HI/c1-5-7-11-20-13-10-19-16(17-6-2)18-9-8-12-21-14-15(3)4;/h15H,5-14H2,1-4H3,(H2,17,18,19);1H. The Labute approximate surface area is 154 Å². The lowest BCUT2D eigenvalue weighted by Gasteiger charge is -2.11. The van der Waals surface area contributed by atoms with Crippen molar-refractivity contribution in [3.63, 3.8) is 0 Å². The van der Waals surface area contributed by atoms with E-state index >= 15 is 0 Å². The fourth-order valence-corrected chi connectivity index (χ4v) is 1.61. The largest absolute Gasteiger partial charge is 0.381 e. The molecule has 6 heteroatoms. The maximum atomic E-state index is 5.54. The molecule has 0 amide bonds. The third-order valence-corrected chi connectivity index (χ3v) is 2.69. The fraction of sp³-hybridized carbons (Fsp3) is 0.938. The lowest BCUT2D eigenvalue weighted by molar-refractivity contribution is 0.109. The van der Waals surface area contributed by atoms with Crippen molar-refractivity contribution >= 4 is 29.9 Å². The number of guanidine groups is 1. The molecule has 5 nitrogen and oxygen atoms in total. The van der Waals surface area contributed by atoms with E-state index in [1.54, 1.807) is 0 Å². The third kappa shape index (κ3) is 18.0. The molecule has 0 bridgehead atoms. The second-order valence-electron chi connectivity index (χ2n) is 5.48. The van der Waals surface area contributed by atoms with Crippen molar-refractivity contribution in [2.24, 2.45) is 10.9 Å². The Kier molecular flexibility index (Phi) is 20.8. The third-order valence-electron chi connectivity index (χ3n) is 2.69. The maximum absolute atomic E-state index is 5.54. The van der Waals surface area contributed by atoms with Gasteiger partial charge < -0.3 is 20.1 Å². The first-order valence-electron chi connectivity index (χ1n) is 8.38. The predicted octanol–water partition coefficient (Wildman–Crippen LogP) is 3.04. The minimum atomic E-state index is 0. The highest BCUT2D eigenvalue weighted by atomic mass is 127. The van der Waals surface area contributed by atoms with E-state index in [4.69, 9.17) is 9.47 Å². The highest BCUT2D eigenvalue weighted by Gasteiger charge is 1.97. The summed E-state index contributed by atoms with van der Waals surface area (Å²) in [7, 11) is 0. The molecule has 0 saturated heterocycles. The number of ether oxygens (including phenoxy) is 2. The number of rotatable bonds is 13. The Hall–Kier alpha value is -0.0800. The summed E-state index contributed by atoms with van der Waals surface area (Å²) in [5.74, 6) is 1.46. The van der Waals surface area contributed by atoms with Crippen LogP contribution in [0.25, 0.3) is 0 Å². The van der Waals surface area contributed by atoms with Crippen LogP contribution in [0, 0.1) is 5.92 Å². The van der Waals surface area contributed by atoms with Gasteiger partial charge in [-0.3, -0.25) is 4.99 Å². The van der Waals surface area contributed by atoms with Crippen LogP contribution in [0.2, 0.25) is 0 Å². The first kappa shape index (κ1) is 24.2. The first-order chi connectivity index (χ1) is 10.2. The number of unbranched alkanes of at least 4 members (excludes halogenated alkanes) is 1. The Morgan fingerprint density at radius 1 is 1.00 bits per heavy atom. The van der Waals surface area contributed by atoms with Gasteiger partial charge in [-0.25, -0.2) is 0 Å². The molecule has 0 rings (SSSR count). The molecule has 22 heavy (non-hydrogen) atoms. The summed E-state index contributed by atoms with van der Waals surface area (Å²) < 4.78 is 11.1. The van der Waals surface area contributed by atoms with Gasteiger partial charge in [-0.2, -0.15) is 0 Å². The average Bonchev–Trinajstić information content (AvgIpc) is 2.45. The van der Waals surface area contributed by atoms with Gasteiger partial charge in [-0.1, -0.05) is 27.2 Å². The van der Waals surface area contributed by atoms with Crippen molar-refractivity contribution in [2.45, 2.75) is 47.0 Å².